The van der Waals surface area contributed by atoms with Crippen LogP contribution in [0.2, 0.25) is 0 Å². The number of aryl methyl sites for hydroxylation is 1. The smallest absolute Gasteiger partial charge is 0.163 e. The van der Waals surface area contributed by atoms with Gasteiger partial charge in [-0.25, -0.2) is 9.97 Å². The van der Waals surface area contributed by atoms with Gasteiger partial charge in [-0.1, -0.05) is 42.5 Å². The molecule has 0 amide bonds. The van der Waals surface area contributed by atoms with Gasteiger partial charge < -0.3 is 19.7 Å². The zero-order valence-electron chi connectivity index (χ0n) is 18.3. The molecular weight excluding hydrogens is 400 g/mol. The molecule has 2 aromatic heterocycles. The topological polar surface area (TPSA) is 74.3 Å². The number of H-pyrrole nitrogens is 1. The van der Waals surface area contributed by atoms with Gasteiger partial charge in [0, 0.05) is 25.3 Å². The van der Waals surface area contributed by atoms with E-state index in [0.717, 1.165) is 59.8 Å². The Morgan fingerprint density at radius 1 is 1.09 bits per heavy atom. The Balaban J connectivity index is 1.51. The SMILES string of the molecule is Cc1cccc(OCc2cc3c(N4CCC[C@H](CO)C4)nc(-c4ccccc4)nc3[nH]2)c1. The van der Waals surface area contributed by atoms with E-state index in [1.165, 1.54) is 5.56 Å². The molecular formula is C26H28N4O2. The van der Waals surface area contributed by atoms with Gasteiger partial charge in [-0.05, 0) is 49.4 Å². The molecule has 164 valence electrons. The molecule has 4 aromatic rings. The molecule has 1 atom stereocenters. The number of aliphatic hydroxyl groups excluding tert-OH is 1. The number of aliphatic hydroxyl groups is 1. The van der Waals surface area contributed by atoms with Crippen molar-refractivity contribution in [3.8, 4) is 17.1 Å². The number of ether oxygens (including phenoxy) is 1. The number of rotatable bonds is 6. The molecule has 0 radical (unpaired) electrons. The molecule has 2 N–H and O–H groups in total. The van der Waals surface area contributed by atoms with Crippen molar-refractivity contribution < 1.29 is 9.84 Å². The van der Waals surface area contributed by atoms with Crippen LogP contribution < -0.4 is 9.64 Å². The second-order valence-corrected chi connectivity index (χ2v) is 8.54. The third kappa shape index (κ3) is 4.32. The number of hydrogen-bond donors (Lipinski definition) is 2. The van der Waals surface area contributed by atoms with Gasteiger partial charge in [-0.15, -0.1) is 0 Å². The highest BCUT2D eigenvalue weighted by atomic mass is 16.5. The minimum absolute atomic E-state index is 0.207. The molecule has 1 aliphatic rings. The van der Waals surface area contributed by atoms with Gasteiger partial charge in [0.05, 0.1) is 11.1 Å². The maximum absolute atomic E-state index is 9.72. The van der Waals surface area contributed by atoms with E-state index >= 15 is 0 Å². The minimum Gasteiger partial charge on any atom is -0.487 e. The van der Waals surface area contributed by atoms with Crippen molar-refractivity contribution in [3.63, 3.8) is 0 Å². The van der Waals surface area contributed by atoms with Crippen LogP contribution in [0.1, 0.15) is 24.1 Å². The predicted molar refractivity (Wildman–Crippen MR) is 127 cm³/mol. The highest BCUT2D eigenvalue weighted by Crippen LogP contribution is 2.31. The maximum Gasteiger partial charge on any atom is 0.163 e. The average Bonchev–Trinajstić information content (AvgIpc) is 3.26. The van der Waals surface area contributed by atoms with E-state index in [4.69, 9.17) is 14.7 Å². The van der Waals surface area contributed by atoms with Crippen molar-refractivity contribution in [2.24, 2.45) is 5.92 Å². The van der Waals surface area contributed by atoms with Crippen LogP contribution in [0.4, 0.5) is 5.82 Å². The summed E-state index contributed by atoms with van der Waals surface area (Å²) in [6.45, 7) is 4.42. The van der Waals surface area contributed by atoms with Gasteiger partial charge in [0.15, 0.2) is 5.82 Å². The second-order valence-electron chi connectivity index (χ2n) is 8.54. The zero-order chi connectivity index (χ0) is 21.9. The third-order valence-electron chi connectivity index (χ3n) is 6.02. The van der Waals surface area contributed by atoms with Crippen LogP contribution in [0.5, 0.6) is 5.75 Å². The molecule has 0 unspecified atom stereocenters. The van der Waals surface area contributed by atoms with E-state index in [9.17, 15) is 5.11 Å². The van der Waals surface area contributed by atoms with Crippen molar-refractivity contribution >= 4 is 16.9 Å². The van der Waals surface area contributed by atoms with Gasteiger partial charge >= 0.3 is 0 Å². The van der Waals surface area contributed by atoms with E-state index in [1.807, 2.05) is 48.5 Å². The number of benzene rings is 2. The van der Waals surface area contributed by atoms with Crippen LogP contribution in [0.15, 0.2) is 60.7 Å². The number of aromatic amines is 1. The fourth-order valence-electron chi connectivity index (χ4n) is 4.36. The normalized spacial score (nSPS) is 16.4. The number of aromatic nitrogens is 3. The zero-order valence-corrected chi connectivity index (χ0v) is 18.3. The van der Waals surface area contributed by atoms with Crippen molar-refractivity contribution in [1.82, 2.24) is 15.0 Å². The van der Waals surface area contributed by atoms with Gasteiger partial charge in [0.25, 0.3) is 0 Å². The number of hydrogen-bond acceptors (Lipinski definition) is 5. The Hall–Kier alpha value is -3.38. The van der Waals surface area contributed by atoms with Crippen molar-refractivity contribution in [3.05, 3.63) is 71.9 Å². The van der Waals surface area contributed by atoms with Crippen LogP contribution in [0, 0.1) is 12.8 Å². The standard InChI is InChI=1S/C26H28N4O2/c1-18-7-5-11-22(13-18)32-17-21-14-23-25(27-21)28-24(20-9-3-2-4-10-20)29-26(23)30-12-6-8-19(15-30)16-31/h2-5,7,9-11,13-14,19,31H,6,8,12,15-17H2,1H3,(H,27,28,29)/t19-/m0/s1. The molecule has 5 rings (SSSR count). The van der Waals surface area contributed by atoms with E-state index in [1.54, 1.807) is 0 Å². The summed E-state index contributed by atoms with van der Waals surface area (Å²) in [5, 5.41) is 10.7. The van der Waals surface area contributed by atoms with Crippen LogP contribution in [0.3, 0.4) is 0 Å². The molecule has 0 aliphatic carbocycles. The lowest BCUT2D eigenvalue weighted by molar-refractivity contribution is 0.208. The highest BCUT2D eigenvalue weighted by Gasteiger charge is 2.24. The number of nitrogens with one attached hydrogen (secondary N) is 1. The molecule has 32 heavy (non-hydrogen) atoms. The largest absolute Gasteiger partial charge is 0.487 e. The molecule has 0 saturated carbocycles. The summed E-state index contributed by atoms with van der Waals surface area (Å²) in [4.78, 5) is 15.5. The molecule has 1 saturated heterocycles. The summed E-state index contributed by atoms with van der Waals surface area (Å²) in [6, 6.07) is 20.2. The van der Waals surface area contributed by atoms with E-state index < -0.39 is 0 Å². The first kappa shape index (κ1) is 20.5. The Morgan fingerprint density at radius 2 is 1.97 bits per heavy atom. The minimum atomic E-state index is 0.207. The Bertz CT molecular complexity index is 1210. The monoisotopic (exact) mass is 428 g/mol. The molecule has 6 heteroatoms. The summed E-state index contributed by atoms with van der Waals surface area (Å²) in [5.74, 6) is 2.75. The summed E-state index contributed by atoms with van der Waals surface area (Å²) in [6.07, 6.45) is 2.10. The summed E-state index contributed by atoms with van der Waals surface area (Å²) in [7, 11) is 0. The van der Waals surface area contributed by atoms with E-state index in [0.29, 0.717) is 12.4 Å². The van der Waals surface area contributed by atoms with Crippen LogP contribution in [-0.2, 0) is 6.61 Å². The first-order valence-corrected chi connectivity index (χ1v) is 11.2. The fourth-order valence-corrected chi connectivity index (χ4v) is 4.36. The van der Waals surface area contributed by atoms with E-state index in [2.05, 4.69) is 28.9 Å². The number of anilines is 1. The summed E-state index contributed by atoms with van der Waals surface area (Å²) >= 11 is 0. The predicted octanol–water partition coefficient (Wildman–Crippen LogP) is 4.72. The molecule has 6 nitrogen and oxygen atoms in total. The highest BCUT2D eigenvalue weighted by molar-refractivity contribution is 5.90. The molecule has 1 aliphatic heterocycles. The van der Waals surface area contributed by atoms with Crippen molar-refractivity contribution in [2.45, 2.75) is 26.4 Å². The number of piperidine rings is 1. The molecule has 0 bridgehead atoms. The fraction of sp³-hybridized carbons (Fsp3) is 0.308. The lowest BCUT2D eigenvalue weighted by Crippen LogP contribution is -2.37. The molecule has 1 fully saturated rings. The Labute approximate surface area is 187 Å². The maximum atomic E-state index is 9.72. The number of fused-ring (bicyclic) bond motifs is 1. The van der Waals surface area contributed by atoms with Gasteiger partial charge in [-0.3, -0.25) is 0 Å². The van der Waals surface area contributed by atoms with Crippen LogP contribution in [-0.4, -0.2) is 39.8 Å². The first-order valence-electron chi connectivity index (χ1n) is 11.2. The third-order valence-corrected chi connectivity index (χ3v) is 6.02. The van der Waals surface area contributed by atoms with Crippen molar-refractivity contribution in [2.75, 3.05) is 24.6 Å². The van der Waals surface area contributed by atoms with Crippen LogP contribution in [0.25, 0.3) is 22.4 Å². The molecule has 0 spiro atoms. The summed E-state index contributed by atoms with van der Waals surface area (Å²) in [5.41, 5.74) is 3.92. The quantitative estimate of drug-likeness (QED) is 0.465. The molecule has 2 aromatic carbocycles. The lowest BCUT2D eigenvalue weighted by Gasteiger charge is -2.33. The average molecular weight is 429 g/mol. The summed E-state index contributed by atoms with van der Waals surface area (Å²) < 4.78 is 6.01. The first-order chi connectivity index (χ1) is 15.7. The second kappa shape index (κ2) is 9.01. The van der Waals surface area contributed by atoms with Crippen LogP contribution >= 0.6 is 0 Å². The van der Waals surface area contributed by atoms with Gasteiger partial charge in [0.1, 0.15) is 23.8 Å². The molecule has 3 heterocycles. The van der Waals surface area contributed by atoms with Gasteiger partial charge in [0.2, 0.25) is 0 Å². The lowest BCUT2D eigenvalue weighted by atomic mass is 9.99. The van der Waals surface area contributed by atoms with Crippen molar-refractivity contribution in [1.29, 1.82) is 0 Å². The van der Waals surface area contributed by atoms with E-state index in [-0.39, 0.29) is 12.5 Å². The number of nitrogens with zero attached hydrogens (tertiary/aromatic N) is 3. The Morgan fingerprint density at radius 3 is 2.78 bits per heavy atom. The van der Waals surface area contributed by atoms with Gasteiger partial charge in [-0.2, -0.15) is 0 Å². The Kier molecular flexibility index (Phi) is 5.77.